The Morgan fingerprint density at radius 3 is 2.44 bits per heavy atom. The van der Waals surface area contributed by atoms with Crippen molar-refractivity contribution >= 4 is 23.5 Å². The van der Waals surface area contributed by atoms with Crippen LogP contribution in [0.15, 0.2) is 48.8 Å². The van der Waals surface area contributed by atoms with Gasteiger partial charge < -0.3 is 14.0 Å². The molecule has 0 atom stereocenters. The summed E-state index contributed by atoms with van der Waals surface area (Å²) in [5.41, 5.74) is 1.20. The van der Waals surface area contributed by atoms with Crippen LogP contribution in [0.4, 0.5) is 4.39 Å². The van der Waals surface area contributed by atoms with Gasteiger partial charge in [-0.25, -0.2) is 23.9 Å². The summed E-state index contributed by atoms with van der Waals surface area (Å²) in [6.45, 7) is 3.94. The van der Waals surface area contributed by atoms with Crippen LogP contribution in [0.2, 0.25) is 5.15 Å². The van der Waals surface area contributed by atoms with Crippen LogP contribution in [-0.2, 0) is 9.59 Å². The molecule has 0 spiro atoms. The minimum Gasteiger partial charge on any atom is -0.420 e. The summed E-state index contributed by atoms with van der Waals surface area (Å²) in [4.78, 5) is 32.3. The molecule has 1 aromatic carbocycles. The van der Waals surface area contributed by atoms with Gasteiger partial charge in [-0.2, -0.15) is 0 Å². The Kier molecular flexibility index (Phi) is 5.75. The second-order valence-electron chi connectivity index (χ2n) is 7.03. The Hall–Kier alpha value is -3.96. The highest BCUT2D eigenvalue weighted by Crippen LogP contribution is 2.34. The van der Waals surface area contributed by atoms with E-state index in [4.69, 9.17) is 21.1 Å². The highest BCUT2D eigenvalue weighted by molar-refractivity contribution is 6.31. The van der Waals surface area contributed by atoms with Crippen LogP contribution < -0.4 is 9.47 Å². The highest BCUT2D eigenvalue weighted by Gasteiger charge is 2.21. The third-order valence-electron chi connectivity index (χ3n) is 4.39. The van der Waals surface area contributed by atoms with Crippen LogP contribution in [0.3, 0.4) is 0 Å². The fourth-order valence-electron chi connectivity index (χ4n) is 2.95. The lowest BCUT2D eigenvalue weighted by Crippen LogP contribution is -2.06. The van der Waals surface area contributed by atoms with Crippen molar-refractivity contribution in [2.24, 2.45) is 0 Å². The average Bonchev–Trinajstić information content (AvgIpc) is 3.19. The van der Waals surface area contributed by atoms with E-state index < -0.39 is 11.9 Å². The van der Waals surface area contributed by atoms with E-state index in [2.05, 4.69) is 21.8 Å². The second-order valence-corrected chi connectivity index (χ2v) is 7.39. The average molecular weight is 452 g/mol. The van der Waals surface area contributed by atoms with Crippen molar-refractivity contribution in [3.63, 3.8) is 0 Å². The van der Waals surface area contributed by atoms with Gasteiger partial charge in [0, 0.05) is 30.0 Å². The molecule has 7 nitrogen and oxygen atoms in total. The van der Waals surface area contributed by atoms with Crippen LogP contribution >= 0.6 is 11.6 Å². The molecule has 3 heterocycles. The number of rotatable bonds is 2. The summed E-state index contributed by atoms with van der Waals surface area (Å²) in [6.07, 6.45) is 4.78. The molecular formula is C23H15ClFN3O4. The smallest absolute Gasteiger partial charge is 0.336 e. The molecule has 1 aliphatic rings. The van der Waals surface area contributed by atoms with Gasteiger partial charge in [0.05, 0.1) is 6.20 Å². The standard InChI is InChI=1S/C23H15ClFN3O4/c1-13(2)23-27-15(12-28(23)16-6-3-14(25)4-7-16)5-8-17-18-11-26-22(24)21(17)32-20(30)10-9-19(29)31-18/h3-4,6-7,9-13H,1-2H3/b10-9+. The van der Waals surface area contributed by atoms with Crippen LogP contribution in [-0.4, -0.2) is 26.5 Å². The molecule has 9 heteroatoms. The van der Waals surface area contributed by atoms with E-state index >= 15 is 0 Å². The zero-order valence-electron chi connectivity index (χ0n) is 16.9. The number of hydrogen-bond acceptors (Lipinski definition) is 6. The Bertz CT molecular complexity index is 1320. The third-order valence-corrected chi connectivity index (χ3v) is 4.66. The van der Waals surface area contributed by atoms with Crippen LogP contribution in [0.25, 0.3) is 5.69 Å². The number of halogens is 2. The van der Waals surface area contributed by atoms with E-state index in [1.807, 2.05) is 18.4 Å². The number of hydrogen-bond donors (Lipinski definition) is 0. The van der Waals surface area contributed by atoms with Gasteiger partial charge in [-0.1, -0.05) is 31.4 Å². The van der Waals surface area contributed by atoms with Gasteiger partial charge >= 0.3 is 11.9 Å². The van der Waals surface area contributed by atoms with Crippen molar-refractivity contribution in [2.45, 2.75) is 19.8 Å². The van der Waals surface area contributed by atoms with Crippen molar-refractivity contribution in [3.05, 3.63) is 76.9 Å². The summed E-state index contributed by atoms with van der Waals surface area (Å²) >= 11 is 6.09. The summed E-state index contributed by atoms with van der Waals surface area (Å²) in [6, 6.07) is 6.00. The fourth-order valence-corrected chi connectivity index (χ4v) is 3.13. The molecule has 1 aliphatic heterocycles. The zero-order valence-corrected chi connectivity index (χ0v) is 17.7. The molecule has 160 valence electrons. The second kappa shape index (κ2) is 8.65. The van der Waals surface area contributed by atoms with Gasteiger partial charge in [-0.3, -0.25) is 0 Å². The van der Waals surface area contributed by atoms with E-state index in [0.717, 1.165) is 17.8 Å². The van der Waals surface area contributed by atoms with Crippen molar-refractivity contribution in [1.82, 2.24) is 14.5 Å². The molecule has 2 aromatic heterocycles. The third kappa shape index (κ3) is 4.38. The number of aromatic nitrogens is 3. The number of benzene rings is 1. The minimum atomic E-state index is -0.824. The van der Waals surface area contributed by atoms with Crippen LogP contribution in [0.1, 0.15) is 36.8 Å². The number of esters is 2. The van der Waals surface area contributed by atoms with E-state index in [9.17, 15) is 14.0 Å². The van der Waals surface area contributed by atoms with E-state index in [1.54, 1.807) is 18.3 Å². The SMILES string of the molecule is CC(C)c1nc(C#Cc2c3cnc(Cl)c2OC(=O)/C=C/C(=O)O3)cn1-c1ccc(F)cc1. The van der Waals surface area contributed by atoms with Crippen LogP contribution in [0.5, 0.6) is 11.5 Å². The lowest BCUT2D eigenvalue weighted by Gasteiger charge is -2.09. The topological polar surface area (TPSA) is 83.3 Å². The van der Waals surface area contributed by atoms with Crippen molar-refractivity contribution in [1.29, 1.82) is 0 Å². The molecule has 3 aromatic rings. The normalized spacial score (nSPS) is 13.9. The molecule has 4 rings (SSSR count). The van der Waals surface area contributed by atoms with Gasteiger partial charge in [-0.15, -0.1) is 0 Å². The molecule has 0 amide bonds. The molecule has 0 saturated carbocycles. The Morgan fingerprint density at radius 2 is 1.75 bits per heavy atom. The van der Waals surface area contributed by atoms with Crippen molar-refractivity contribution in [2.75, 3.05) is 0 Å². The van der Waals surface area contributed by atoms with Gasteiger partial charge in [0.25, 0.3) is 0 Å². The van der Waals surface area contributed by atoms with Gasteiger partial charge in [0.2, 0.25) is 0 Å². The lowest BCUT2D eigenvalue weighted by molar-refractivity contribution is -0.131. The first-order chi connectivity index (χ1) is 15.3. The molecule has 0 aliphatic carbocycles. The van der Waals surface area contributed by atoms with Gasteiger partial charge in [0.15, 0.2) is 16.7 Å². The van der Waals surface area contributed by atoms with E-state index in [1.165, 1.54) is 18.3 Å². The molecule has 0 N–H and O–H groups in total. The quantitative estimate of drug-likeness (QED) is 0.333. The summed E-state index contributed by atoms with van der Waals surface area (Å²) < 4.78 is 25.6. The molecule has 2 bridgehead atoms. The van der Waals surface area contributed by atoms with Crippen molar-refractivity contribution < 1.29 is 23.5 Å². The maximum Gasteiger partial charge on any atom is 0.336 e. The minimum absolute atomic E-state index is 0.0108. The number of fused-ring (bicyclic) bond motifs is 2. The van der Waals surface area contributed by atoms with Crippen LogP contribution in [0, 0.1) is 17.7 Å². The molecule has 0 unspecified atom stereocenters. The Labute approximate surface area is 187 Å². The van der Waals surface area contributed by atoms with Gasteiger partial charge in [-0.05, 0) is 30.2 Å². The first-order valence-corrected chi connectivity index (χ1v) is 9.87. The monoisotopic (exact) mass is 451 g/mol. The summed E-state index contributed by atoms with van der Waals surface area (Å²) in [7, 11) is 0. The van der Waals surface area contributed by atoms with E-state index in [0.29, 0.717) is 11.5 Å². The number of imidazole rings is 1. The fraction of sp³-hybridized carbons (Fsp3) is 0.130. The highest BCUT2D eigenvalue weighted by atomic mass is 35.5. The maximum atomic E-state index is 13.3. The number of carbonyl (C=O) groups is 2. The number of ether oxygens (including phenoxy) is 2. The summed E-state index contributed by atoms with van der Waals surface area (Å²) in [5.74, 6) is 4.40. The Morgan fingerprint density at radius 1 is 1.06 bits per heavy atom. The number of carbonyl (C=O) groups excluding carboxylic acids is 2. The largest absolute Gasteiger partial charge is 0.420 e. The first kappa shape index (κ1) is 21.3. The summed E-state index contributed by atoms with van der Waals surface area (Å²) in [5, 5.41) is -0.113. The zero-order chi connectivity index (χ0) is 22.8. The molecule has 0 saturated heterocycles. The van der Waals surface area contributed by atoms with E-state index in [-0.39, 0.29) is 34.0 Å². The van der Waals surface area contributed by atoms with Gasteiger partial charge in [0.1, 0.15) is 22.9 Å². The lowest BCUT2D eigenvalue weighted by atomic mass is 10.2. The molecule has 0 radical (unpaired) electrons. The predicted octanol–water partition coefficient (Wildman–Crippen LogP) is 3.96. The predicted molar refractivity (Wildman–Crippen MR) is 113 cm³/mol. The number of nitrogens with zero attached hydrogens (tertiary/aromatic N) is 3. The van der Waals surface area contributed by atoms with Crippen molar-refractivity contribution in [3.8, 4) is 29.0 Å². The molecular weight excluding hydrogens is 437 g/mol. The molecule has 32 heavy (non-hydrogen) atoms. The maximum absolute atomic E-state index is 13.3. The Balaban J connectivity index is 1.80. The molecule has 0 fully saturated rings. The first-order valence-electron chi connectivity index (χ1n) is 9.49. The number of pyridine rings is 1.